The molecule has 12 heteroatoms. The highest BCUT2D eigenvalue weighted by molar-refractivity contribution is 7.99. The van der Waals surface area contributed by atoms with Gasteiger partial charge in [-0.05, 0) is 48.9 Å². The smallest absolute Gasteiger partial charge is 0.299 e. The Balaban J connectivity index is 1.25. The predicted octanol–water partition coefficient (Wildman–Crippen LogP) is 4.09. The summed E-state index contributed by atoms with van der Waals surface area (Å²) in [6.07, 6.45) is 2.39. The molecule has 1 aliphatic heterocycles. The lowest BCUT2D eigenvalue weighted by atomic mass is 10.0. The normalized spacial score (nSPS) is 19.3. The number of nitrogens with one attached hydrogen (secondary N) is 3. The summed E-state index contributed by atoms with van der Waals surface area (Å²) in [5.74, 6) is -4.47. The molecule has 1 aromatic heterocycles. The molecule has 2 heterocycles. The molecular formula is C29H29F2N5O3S2. The second-order valence-electron chi connectivity index (χ2n) is 10.1. The number of hydrogen-bond donors (Lipinski definition) is 4. The van der Waals surface area contributed by atoms with E-state index >= 15 is 0 Å². The van der Waals surface area contributed by atoms with Crippen molar-refractivity contribution in [1.82, 2.24) is 15.5 Å². The Morgan fingerprint density at radius 3 is 2.59 bits per heavy atom. The molecule has 5 rings (SSSR count). The van der Waals surface area contributed by atoms with E-state index in [-0.39, 0.29) is 46.3 Å². The Morgan fingerprint density at radius 1 is 1.15 bits per heavy atom. The first-order chi connectivity index (χ1) is 19.5. The van der Waals surface area contributed by atoms with Crippen molar-refractivity contribution in [3.8, 4) is 11.1 Å². The van der Waals surface area contributed by atoms with Gasteiger partial charge < -0.3 is 21.3 Å². The molecule has 0 unspecified atom stereocenters. The number of carbonyl (C=O) groups excluding carboxylic acids is 3. The number of benzene rings is 2. The highest BCUT2D eigenvalue weighted by atomic mass is 32.2. The molecule has 3 atom stereocenters. The Hall–Kier alpha value is -3.77. The maximum atomic E-state index is 14.9. The number of amidine groups is 1. The number of likely N-dealkylation sites (tertiary alicyclic amines) is 1. The van der Waals surface area contributed by atoms with Crippen LogP contribution in [0.3, 0.4) is 0 Å². The van der Waals surface area contributed by atoms with Crippen molar-refractivity contribution in [2.45, 2.75) is 36.6 Å². The molecule has 41 heavy (non-hydrogen) atoms. The SMILES string of the molecule is CS[C@@H]1C[C@@H](C(=O)N[C@H](C)c2cc(C(=N)N)cs2)N(C(=O)CNC(=O)c2ccc3c(c2)-c2ccccc2C3(F)F)C1. The standard InChI is InChI=1S/C29H29F2N5O3S2/c1-15(24-10-17(14-41-24)26(32)33)35-28(39)23-11-18(40-2)13-36(23)25(37)12-34-27(38)16-7-8-22-20(9-16)19-5-3-4-6-21(19)29(22,30)31/h3-10,14-15,18,23H,11-13H2,1-2H3,(H3,32,33)(H,34,38)(H,35,39)/t15-,18-,23+/m1/s1. The quantitative estimate of drug-likeness (QED) is 0.230. The number of alkyl halides is 2. The van der Waals surface area contributed by atoms with Gasteiger partial charge in [0.2, 0.25) is 11.8 Å². The van der Waals surface area contributed by atoms with Gasteiger partial charge in [-0.3, -0.25) is 19.8 Å². The lowest BCUT2D eigenvalue weighted by molar-refractivity contribution is -0.137. The van der Waals surface area contributed by atoms with Gasteiger partial charge in [-0.1, -0.05) is 30.3 Å². The van der Waals surface area contributed by atoms with Crippen molar-refractivity contribution >= 4 is 46.7 Å². The summed E-state index contributed by atoms with van der Waals surface area (Å²) >= 11 is 2.95. The molecular weight excluding hydrogens is 568 g/mol. The number of nitrogen functional groups attached to an aromatic ring is 1. The lowest BCUT2D eigenvalue weighted by Gasteiger charge is -2.25. The van der Waals surface area contributed by atoms with Crippen LogP contribution in [0.1, 0.15) is 51.3 Å². The second-order valence-corrected chi connectivity index (χ2v) is 12.2. The van der Waals surface area contributed by atoms with Crippen LogP contribution in [0.15, 0.2) is 53.9 Å². The van der Waals surface area contributed by atoms with Crippen LogP contribution in [-0.4, -0.2) is 59.1 Å². The molecule has 1 fully saturated rings. The van der Waals surface area contributed by atoms with Crippen molar-refractivity contribution in [2.24, 2.45) is 5.73 Å². The van der Waals surface area contributed by atoms with Gasteiger partial charge in [0.1, 0.15) is 11.9 Å². The van der Waals surface area contributed by atoms with Crippen LogP contribution in [-0.2, 0) is 15.5 Å². The van der Waals surface area contributed by atoms with E-state index in [1.807, 2.05) is 13.2 Å². The number of nitrogens with zero attached hydrogens (tertiary/aromatic N) is 1. The first-order valence-electron chi connectivity index (χ1n) is 13.0. The van der Waals surface area contributed by atoms with Gasteiger partial charge >= 0.3 is 0 Å². The van der Waals surface area contributed by atoms with Crippen molar-refractivity contribution in [3.05, 3.63) is 81.0 Å². The minimum Gasteiger partial charge on any atom is -0.384 e. The molecule has 214 valence electrons. The van der Waals surface area contributed by atoms with Gasteiger partial charge in [0.15, 0.2) is 0 Å². The van der Waals surface area contributed by atoms with Gasteiger partial charge in [-0.2, -0.15) is 20.5 Å². The highest BCUT2D eigenvalue weighted by Gasteiger charge is 2.44. The van der Waals surface area contributed by atoms with Crippen LogP contribution in [0, 0.1) is 5.41 Å². The number of rotatable bonds is 8. The molecule has 0 saturated carbocycles. The summed E-state index contributed by atoms with van der Waals surface area (Å²) in [5.41, 5.74) is 6.71. The molecule has 0 radical (unpaired) electrons. The first kappa shape index (κ1) is 28.7. The number of thiophene rings is 1. The van der Waals surface area contributed by atoms with Crippen molar-refractivity contribution in [1.29, 1.82) is 5.41 Å². The average molecular weight is 598 g/mol. The third-order valence-electron chi connectivity index (χ3n) is 7.51. The topological polar surface area (TPSA) is 128 Å². The van der Waals surface area contributed by atoms with Crippen LogP contribution in [0.2, 0.25) is 0 Å². The Morgan fingerprint density at radius 2 is 1.88 bits per heavy atom. The Bertz CT molecular complexity index is 1540. The van der Waals surface area contributed by atoms with E-state index in [1.54, 1.807) is 41.4 Å². The first-order valence-corrected chi connectivity index (χ1v) is 15.1. The summed E-state index contributed by atoms with van der Waals surface area (Å²) in [7, 11) is 0. The van der Waals surface area contributed by atoms with E-state index < -0.39 is 23.8 Å². The third kappa shape index (κ3) is 5.45. The number of nitrogens with two attached hydrogens (primary N) is 1. The molecule has 3 amide bonds. The Labute approximate surface area is 244 Å². The van der Waals surface area contributed by atoms with E-state index in [4.69, 9.17) is 11.1 Å². The molecule has 3 aromatic rings. The van der Waals surface area contributed by atoms with Crippen LogP contribution in [0.25, 0.3) is 11.1 Å². The summed E-state index contributed by atoms with van der Waals surface area (Å²) in [6, 6.07) is 10.9. The van der Waals surface area contributed by atoms with Crippen molar-refractivity contribution < 1.29 is 23.2 Å². The molecule has 8 nitrogen and oxygen atoms in total. The lowest BCUT2D eigenvalue weighted by Crippen LogP contribution is -2.49. The zero-order chi connectivity index (χ0) is 29.5. The van der Waals surface area contributed by atoms with E-state index in [9.17, 15) is 23.2 Å². The van der Waals surface area contributed by atoms with E-state index in [0.717, 1.165) is 4.88 Å². The van der Waals surface area contributed by atoms with Gasteiger partial charge in [-0.25, -0.2) is 0 Å². The highest BCUT2D eigenvalue weighted by Crippen LogP contribution is 2.50. The summed E-state index contributed by atoms with van der Waals surface area (Å²) in [6.45, 7) is 1.85. The summed E-state index contributed by atoms with van der Waals surface area (Å²) in [4.78, 5) is 41.7. The molecule has 0 bridgehead atoms. The molecule has 0 spiro atoms. The van der Waals surface area contributed by atoms with Crippen LogP contribution < -0.4 is 16.4 Å². The molecule has 1 saturated heterocycles. The minimum atomic E-state index is -3.15. The third-order valence-corrected chi connectivity index (χ3v) is 9.63. The fraction of sp³-hybridized carbons (Fsp3) is 0.310. The maximum Gasteiger partial charge on any atom is 0.299 e. The van der Waals surface area contributed by atoms with Gasteiger partial charge in [0.25, 0.3) is 11.8 Å². The fourth-order valence-corrected chi connectivity index (χ4v) is 6.87. The van der Waals surface area contributed by atoms with E-state index in [1.165, 1.54) is 40.5 Å². The zero-order valence-corrected chi connectivity index (χ0v) is 24.0. The molecule has 5 N–H and O–H groups in total. The number of amides is 3. The molecule has 1 aliphatic carbocycles. The van der Waals surface area contributed by atoms with Gasteiger partial charge in [0.05, 0.1) is 12.6 Å². The predicted molar refractivity (Wildman–Crippen MR) is 157 cm³/mol. The number of hydrogen-bond acceptors (Lipinski definition) is 6. The summed E-state index contributed by atoms with van der Waals surface area (Å²) in [5, 5.41) is 14.9. The van der Waals surface area contributed by atoms with E-state index in [0.29, 0.717) is 29.7 Å². The Kier molecular flexibility index (Phi) is 7.89. The average Bonchev–Trinajstić information content (AvgIpc) is 3.68. The minimum absolute atomic E-state index is 0.0499. The molecule has 2 aromatic carbocycles. The van der Waals surface area contributed by atoms with Gasteiger partial charge in [0, 0.05) is 44.3 Å². The number of carbonyl (C=O) groups is 3. The van der Waals surface area contributed by atoms with Crippen molar-refractivity contribution in [2.75, 3.05) is 19.3 Å². The van der Waals surface area contributed by atoms with Crippen LogP contribution in [0.5, 0.6) is 0 Å². The number of fused-ring (bicyclic) bond motifs is 3. The van der Waals surface area contributed by atoms with E-state index in [2.05, 4.69) is 10.6 Å². The summed E-state index contributed by atoms with van der Waals surface area (Å²) < 4.78 is 29.7. The molecule has 2 aliphatic rings. The fourth-order valence-electron chi connectivity index (χ4n) is 5.27. The number of halogens is 2. The van der Waals surface area contributed by atoms with Crippen LogP contribution in [0.4, 0.5) is 8.78 Å². The maximum absolute atomic E-state index is 14.9. The van der Waals surface area contributed by atoms with Crippen molar-refractivity contribution in [3.63, 3.8) is 0 Å². The zero-order valence-electron chi connectivity index (χ0n) is 22.4. The van der Waals surface area contributed by atoms with Crippen LogP contribution >= 0.6 is 23.1 Å². The largest absolute Gasteiger partial charge is 0.384 e. The van der Waals surface area contributed by atoms with Gasteiger partial charge in [-0.15, -0.1) is 11.3 Å². The monoisotopic (exact) mass is 597 g/mol. The number of thioether (sulfide) groups is 1. The second kappa shape index (κ2) is 11.2.